The minimum absolute atomic E-state index is 0.383. The highest BCUT2D eigenvalue weighted by Crippen LogP contribution is 2.65. The lowest BCUT2D eigenvalue weighted by molar-refractivity contribution is 0.105. The molecule has 2 aliphatic rings. The number of aliphatic hydroxyl groups is 1. The largest absolute Gasteiger partial charge is 0.387 e. The molecule has 2 N–H and O–H groups in total. The van der Waals surface area contributed by atoms with Gasteiger partial charge >= 0.3 is 0 Å². The first kappa shape index (κ1) is 14.1. The molecule has 0 aliphatic heterocycles. The predicted octanol–water partition coefficient (Wildman–Crippen LogP) is 3.52. The van der Waals surface area contributed by atoms with Crippen LogP contribution >= 0.6 is 0 Å². The molecule has 20 heavy (non-hydrogen) atoms. The van der Waals surface area contributed by atoms with Gasteiger partial charge in [-0.2, -0.15) is 0 Å². The molecule has 1 aromatic rings. The number of rotatable bonds is 4. The first-order chi connectivity index (χ1) is 9.45. The number of nitrogens with one attached hydrogen (secondary N) is 1. The maximum atomic E-state index is 10.3. The Kier molecular flexibility index (Phi) is 3.42. The molecule has 2 saturated carbocycles. The molecule has 0 aromatic heterocycles. The van der Waals surface area contributed by atoms with Crippen LogP contribution in [0.5, 0.6) is 0 Å². The van der Waals surface area contributed by atoms with Crippen LogP contribution in [0.2, 0.25) is 0 Å². The van der Waals surface area contributed by atoms with Gasteiger partial charge in [0.1, 0.15) is 0 Å². The van der Waals surface area contributed by atoms with Crippen molar-refractivity contribution in [3.63, 3.8) is 0 Å². The molecule has 0 unspecified atom stereocenters. The summed E-state index contributed by atoms with van der Waals surface area (Å²) in [5.74, 6) is 0.846. The topological polar surface area (TPSA) is 32.3 Å². The molecule has 4 atom stereocenters. The Morgan fingerprint density at radius 3 is 2.50 bits per heavy atom. The summed E-state index contributed by atoms with van der Waals surface area (Å²) in [6.45, 7) is 7.96. The van der Waals surface area contributed by atoms with E-state index in [1.807, 2.05) is 30.3 Å². The van der Waals surface area contributed by atoms with E-state index in [4.69, 9.17) is 0 Å². The van der Waals surface area contributed by atoms with Gasteiger partial charge in [-0.05, 0) is 41.6 Å². The maximum absolute atomic E-state index is 10.3. The van der Waals surface area contributed by atoms with Crippen molar-refractivity contribution in [2.24, 2.45) is 16.7 Å². The molecular weight excluding hydrogens is 246 g/mol. The highest BCUT2D eigenvalue weighted by molar-refractivity contribution is 5.18. The van der Waals surface area contributed by atoms with Crippen LogP contribution in [0.4, 0.5) is 0 Å². The molecule has 2 bridgehead atoms. The zero-order chi connectivity index (χ0) is 14.4. The number of aliphatic hydroxyl groups excluding tert-OH is 1. The molecule has 2 nitrogen and oxygen atoms in total. The monoisotopic (exact) mass is 273 g/mol. The fourth-order valence-electron chi connectivity index (χ4n) is 4.56. The standard InChI is InChI=1S/C18H27NO/c1-17(2)14-9-10-18(17,3)16(11-14)19-12-15(20)13-7-5-4-6-8-13/h4-8,14-16,19-20H,9-12H2,1-3H3/t14-,15-,16+,18+/m1/s1. The normalized spacial score (nSPS) is 36.2. The highest BCUT2D eigenvalue weighted by Gasteiger charge is 2.60. The summed E-state index contributed by atoms with van der Waals surface area (Å²) in [6.07, 6.45) is 3.57. The van der Waals surface area contributed by atoms with Crippen LogP contribution in [-0.2, 0) is 0 Å². The molecule has 0 amide bonds. The Labute approximate surface area is 122 Å². The molecule has 0 spiro atoms. The Morgan fingerprint density at radius 1 is 1.25 bits per heavy atom. The van der Waals surface area contributed by atoms with Gasteiger partial charge in [-0.25, -0.2) is 0 Å². The molecule has 2 heteroatoms. The second-order valence-corrected chi connectivity index (χ2v) is 7.50. The van der Waals surface area contributed by atoms with Crippen LogP contribution < -0.4 is 5.32 Å². The lowest BCUT2D eigenvalue weighted by atomic mass is 9.69. The predicted molar refractivity (Wildman–Crippen MR) is 82.4 cm³/mol. The second-order valence-electron chi connectivity index (χ2n) is 7.50. The Hall–Kier alpha value is -0.860. The van der Waals surface area contributed by atoms with Crippen molar-refractivity contribution in [2.75, 3.05) is 6.54 Å². The van der Waals surface area contributed by atoms with Crippen LogP contribution in [0.25, 0.3) is 0 Å². The molecular formula is C18H27NO. The van der Waals surface area contributed by atoms with E-state index in [1.54, 1.807) is 0 Å². The van der Waals surface area contributed by atoms with Crippen molar-refractivity contribution in [1.82, 2.24) is 5.32 Å². The number of hydrogen-bond acceptors (Lipinski definition) is 2. The van der Waals surface area contributed by atoms with Gasteiger partial charge in [-0.1, -0.05) is 51.1 Å². The molecule has 1 aromatic carbocycles. The quantitative estimate of drug-likeness (QED) is 0.879. The third-order valence-corrected chi connectivity index (χ3v) is 6.54. The number of benzene rings is 1. The van der Waals surface area contributed by atoms with E-state index in [0.29, 0.717) is 23.4 Å². The second kappa shape index (κ2) is 4.85. The summed E-state index contributed by atoms with van der Waals surface area (Å²) in [6, 6.07) is 10.5. The molecule has 0 radical (unpaired) electrons. The molecule has 0 heterocycles. The first-order valence-corrected chi connectivity index (χ1v) is 7.91. The van der Waals surface area contributed by atoms with Crippen molar-refractivity contribution in [2.45, 2.75) is 52.2 Å². The van der Waals surface area contributed by atoms with E-state index in [0.717, 1.165) is 11.5 Å². The average Bonchev–Trinajstić information content (AvgIpc) is 2.78. The van der Waals surface area contributed by atoms with Crippen molar-refractivity contribution >= 4 is 0 Å². The lowest BCUT2D eigenvalue weighted by Crippen LogP contribution is -2.45. The maximum Gasteiger partial charge on any atom is 0.0914 e. The summed E-state index contributed by atoms with van der Waals surface area (Å²) in [5.41, 5.74) is 1.82. The first-order valence-electron chi connectivity index (χ1n) is 7.91. The van der Waals surface area contributed by atoms with E-state index < -0.39 is 6.10 Å². The van der Waals surface area contributed by atoms with Gasteiger partial charge in [0.05, 0.1) is 6.10 Å². The van der Waals surface area contributed by atoms with Gasteiger partial charge in [-0.3, -0.25) is 0 Å². The lowest BCUT2D eigenvalue weighted by Gasteiger charge is -2.40. The van der Waals surface area contributed by atoms with Gasteiger partial charge in [0.2, 0.25) is 0 Å². The Morgan fingerprint density at radius 2 is 1.95 bits per heavy atom. The summed E-state index contributed by atoms with van der Waals surface area (Å²) in [4.78, 5) is 0. The van der Waals surface area contributed by atoms with E-state index in [-0.39, 0.29) is 0 Å². The number of fused-ring (bicyclic) bond motifs is 2. The minimum Gasteiger partial charge on any atom is -0.387 e. The minimum atomic E-state index is -0.401. The third-order valence-electron chi connectivity index (χ3n) is 6.54. The number of hydrogen-bond donors (Lipinski definition) is 2. The fraction of sp³-hybridized carbons (Fsp3) is 0.667. The van der Waals surface area contributed by atoms with Crippen LogP contribution in [-0.4, -0.2) is 17.7 Å². The van der Waals surface area contributed by atoms with Crippen molar-refractivity contribution < 1.29 is 5.11 Å². The molecule has 2 fully saturated rings. The van der Waals surface area contributed by atoms with Gasteiger partial charge < -0.3 is 10.4 Å². The molecule has 110 valence electrons. The zero-order valence-corrected chi connectivity index (χ0v) is 12.9. The van der Waals surface area contributed by atoms with Crippen LogP contribution in [0, 0.1) is 16.7 Å². The molecule has 2 aliphatic carbocycles. The zero-order valence-electron chi connectivity index (χ0n) is 12.9. The van der Waals surface area contributed by atoms with E-state index in [9.17, 15) is 5.11 Å². The highest BCUT2D eigenvalue weighted by atomic mass is 16.3. The SMILES string of the molecule is CC1(C)[C@@H]2CC[C@@]1(C)[C@@H](NC[C@@H](O)c1ccccc1)C2. The van der Waals surface area contributed by atoms with Crippen LogP contribution in [0.3, 0.4) is 0 Å². The van der Waals surface area contributed by atoms with Gasteiger partial charge in [0.25, 0.3) is 0 Å². The summed E-state index contributed by atoms with van der Waals surface area (Å²) in [7, 11) is 0. The smallest absolute Gasteiger partial charge is 0.0914 e. The fourth-order valence-corrected chi connectivity index (χ4v) is 4.56. The third kappa shape index (κ3) is 2.01. The molecule has 0 saturated heterocycles. The summed E-state index contributed by atoms with van der Waals surface area (Å²) in [5, 5.41) is 14.0. The Balaban J connectivity index is 1.63. The summed E-state index contributed by atoms with van der Waals surface area (Å²) < 4.78 is 0. The van der Waals surface area contributed by atoms with Crippen LogP contribution in [0.15, 0.2) is 30.3 Å². The molecule has 3 rings (SSSR count). The van der Waals surface area contributed by atoms with E-state index in [1.165, 1.54) is 19.3 Å². The van der Waals surface area contributed by atoms with Crippen molar-refractivity contribution in [1.29, 1.82) is 0 Å². The van der Waals surface area contributed by atoms with Crippen molar-refractivity contribution in [3.05, 3.63) is 35.9 Å². The van der Waals surface area contributed by atoms with Gasteiger partial charge in [-0.15, -0.1) is 0 Å². The average molecular weight is 273 g/mol. The van der Waals surface area contributed by atoms with E-state index >= 15 is 0 Å². The van der Waals surface area contributed by atoms with Gasteiger partial charge in [0.15, 0.2) is 0 Å². The Bertz CT molecular complexity index is 470. The summed E-state index contributed by atoms with van der Waals surface area (Å²) >= 11 is 0. The van der Waals surface area contributed by atoms with Crippen LogP contribution in [0.1, 0.15) is 51.7 Å². The van der Waals surface area contributed by atoms with Crippen molar-refractivity contribution in [3.8, 4) is 0 Å². The van der Waals surface area contributed by atoms with Gasteiger partial charge in [0, 0.05) is 12.6 Å². The van der Waals surface area contributed by atoms with E-state index in [2.05, 4.69) is 26.1 Å².